The fourth-order valence-corrected chi connectivity index (χ4v) is 7.21. The van der Waals surface area contributed by atoms with Crippen LogP contribution in [0.2, 0.25) is 0 Å². The first kappa shape index (κ1) is 24.3. The third kappa shape index (κ3) is 5.23. The molecule has 1 amide bonds. The fourth-order valence-electron chi connectivity index (χ4n) is 5.34. The monoisotopic (exact) mass is 506 g/mol. The number of hydrogen-bond acceptors (Lipinski definition) is 5. The molecule has 2 aromatic carbocycles. The van der Waals surface area contributed by atoms with Gasteiger partial charge in [-0.2, -0.15) is 0 Å². The van der Waals surface area contributed by atoms with E-state index in [-0.39, 0.29) is 39.9 Å². The number of pyridine rings is 1. The summed E-state index contributed by atoms with van der Waals surface area (Å²) in [6.45, 7) is 0. The summed E-state index contributed by atoms with van der Waals surface area (Å²) >= 11 is 0. The number of carbonyl (C=O) groups is 2. The van der Waals surface area contributed by atoms with E-state index < -0.39 is 21.6 Å². The van der Waals surface area contributed by atoms with Crippen molar-refractivity contribution < 1.29 is 22.4 Å². The summed E-state index contributed by atoms with van der Waals surface area (Å²) in [6, 6.07) is 18.0. The van der Waals surface area contributed by atoms with E-state index in [0.29, 0.717) is 18.0 Å². The first-order valence-corrected chi connectivity index (χ1v) is 13.7. The van der Waals surface area contributed by atoms with Crippen LogP contribution in [0.5, 0.6) is 0 Å². The molecule has 8 heteroatoms. The van der Waals surface area contributed by atoms with E-state index in [2.05, 4.69) is 10.3 Å². The highest BCUT2D eigenvalue weighted by Gasteiger charge is 2.58. The van der Waals surface area contributed by atoms with Crippen LogP contribution in [0.15, 0.2) is 77.8 Å². The fraction of sp³-hybridized carbons (Fsp3) is 0.321. The number of nitrogens with one attached hydrogen (secondary N) is 1. The Morgan fingerprint density at radius 3 is 2.28 bits per heavy atom. The highest BCUT2D eigenvalue weighted by molar-refractivity contribution is 7.91. The molecule has 3 aromatic rings. The molecule has 186 valence electrons. The van der Waals surface area contributed by atoms with E-state index in [1.54, 1.807) is 12.1 Å². The van der Waals surface area contributed by atoms with Gasteiger partial charge in [0.15, 0.2) is 15.6 Å². The van der Waals surface area contributed by atoms with E-state index in [1.165, 1.54) is 18.2 Å². The average Bonchev–Trinajstić information content (AvgIpc) is 2.82. The van der Waals surface area contributed by atoms with Crippen LogP contribution in [0.4, 0.5) is 10.1 Å². The number of benzene rings is 2. The van der Waals surface area contributed by atoms with Crippen molar-refractivity contribution in [3.05, 3.63) is 90.0 Å². The van der Waals surface area contributed by atoms with Crippen LogP contribution in [0.25, 0.3) is 0 Å². The van der Waals surface area contributed by atoms with Crippen molar-refractivity contribution in [2.75, 3.05) is 11.1 Å². The van der Waals surface area contributed by atoms with Gasteiger partial charge >= 0.3 is 0 Å². The Morgan fingerprint density at radius 2 is 1.69 bits per heavy atom. The van der Waals surface area contributed by atoms with Gasteiger partial charge in [-0.15, -0.1) is 0 Å². The van der Waals surface area contributed by atoms with Gasteiger partial charge in [0, 0.05) is 18.0 Å². The smallest absolute Gasteiger partial charge is 0.228 e. The molecule has 1 heterocycles. The normalized spacial score (nSPS) is 21.1. The number of rotatable bonds is 10. The second-order valence-electron chi connectivity index (χ2n) is 10.1. The number of ketones is 1. The molecule has 0 spiro atoms. The Labute approximate surface area is 209 Å². The zero-order valence-corrected chi connectivity index (χ0v) is 20.5. The van der Waals surface area contributed by atoms with E-state index in [0.717, 1.165) is 37.1 Å². The van der Waals surface area contributed by atoms with Crippen molar-refractivity contribution in [3.8, 4) is 0 Å². The quantitative estimate of drug-likeness (QED) is 0.396. The minimum absolute atomic E-state index is 0.0209. The number of hydrogen-bond donors (Lipinski definition) is 1. The Bertz CT molecular complexity index is 1360. The minimum atomic E-state index is -3.38. The molecule has 1 N–H and O–H groups in total. The van der Waals surface area contributed by atoms with E-state index >= 15 is 0 Å². The second kappa shape index (κ2) is 9.58. The summed E-state index contributed by atoms with van der Waals surface area (Å²) in [5, 5.41) is 2.82. The highest BCUT2D eigenvalue weighted by Crippen LogP contribution is 2.65. The maximum atomic E-state index is 13.2. The average molecular weight is 507 g/mol. The summed E-state index contributed by atoms with van der Waals surface area (Å²) in [4.78, 5) is 30.1. The van der Waals surface area contributed by atoms with Crippen LogP contribution in [0.3, 0.4) is 0 Å². The van der Waals surface area contributed by atoms with Crippen molar-refractivity contribution in [1.29, 1.82) is 0 Å². The molecule has 0 saturated heterocycles. The van der Waals surface area contributed by atoms with Gasteiger partial charge in [-0.3, -0.25) is 14.6 Å². The Morgan fingerprint density at radius 1 is 1.00 bits per heavy atom. The molecule has 1 atom stereocenters. The molecule has 3 aliphatic carbocycles. The number of nitrogens with zero attached hydrogens (tertiary/aromatic N) is 1. The summed E-state index contributed by atoms with van der Waals surface area (Å²) in [6.07, 6.45) is 4.23. The highest BCUT2D eigenvalue weighted by atomic mass is 32.2. The standard InChI is InChI=1S/C28H27FN2O4S/c29-22-6-11-25(30-17-22)26(32)13-21(12-19-4-2-1-3-5-19)27(33)31-23-7-9-24(10-8-23)36(34,35)18-28-14-20(15-28)16-28/h1-11,17,20-21H,12-16,18H2,(H,31,33)/t20?,21-,28?/m1/s1. The Kier molecular flexibility index (Phi) is 6.47. The number of anilines is 1. The molecular weight excluding hydrogens is 479 g/mol. The van der Waals surface area contributed by atoms with Crippen LogP contribution in [-0.4, -0.2) is 30.8 Å². The molecule has 3 saturated carbocycles. The van der Waals surface area contributed by atoms with Crippen LogP contribution in [0, 0.1) is 23.1 Å². The van der Waals surface area contributed by atoms with Gasteiger partial charge in [0.05, 0.1) is 16.8 Å². The van der Waals surface area contributed by atoms with Gasteiger partial charge < -0.3 is 5.32 Å². The number of halogens is 1. The third-order valence-corrected chi connectivity index (χ3v) is 9.27. The lowest BCUT2D eigenvalue weighted by Gasteiger charge is -2.61. The lowest BCUT2D eigenvalue weighted by Crippen LogP contribution is -2.55. The molecule has 6 nitrogen and oxygen atoms in total. The molecule has 3 fully saturated rings. The van der Waals surface area contributed by atoms with Crippen LogP contribution in [0.1, 0.15) is 41.7 Å². The summed E-state index contributed by atoms with van der Waals surface area (Å²) in [5.74, 6) is -1.06. The van der Waals surface area contributed by atoms with Gasteiger partial charge in [-0.1, -0.05) is 30.3 Å². The number of carbonyl (C=O) groups excluding carboxylic acids is 2. The maximum absolute atomic E-state index is 13.2. The van der Waals surface area contributed by atoms with Crippen molar-refractivity contribution in [1.82, 2.24) is 4.98 Å². The lowest BCUT2D eigenvalue weighted by atomic mass is 9.45. The van der Waals surface area contributed by atoms with Gasteiger partial charge in [0.1, 0.15) is 11.5 Å². The predicted molar refractivity (Wildman–Crippen MR) is 134 cm³/mol. The van der Waals surface area contributed by atoms with Crippen LogP contribution in [-0.2, 0) is 21.1 Å². The second-order valence-corrected chi connectivity index (χ2v) is 12.1. The first-order valence-electron chi connectivity index (χ1n) is 12.0. The van der Waals surface area contributed by atoms with Gasteiger partial charge in [-0.25, -0.2) is 12.8 Å². The predicted octanol–water partition coefficient (Wildman–Crippen LogP) is 4.86. The zero-order chi connectivity index (χ0) is 25.3. The topological polar surface area (TPSA) is 93.2 Å². The maximum Gasteiger partial charge on any atom is 0.228 e. The first-order chi connectivity index (χ1) is 17.2. The summed E-state index contributed by atoms with van der Waals surface area (Å²) in [5.41, 5.74) is 1.43. The molecule has 36 heavy (non-hydrogen) atoms. The zero-order valence-electron chi connectivity index (χ0n) is 19.7. The van der Waals surface area contributed by atoms with E-state index in [4.69, 9.17) is 0 Å². The summed E-state index contributed by atoms with van der Waals surface area (Å²) in [7, 11) is -3.38. The van der Waals surface area contributed by atoms with Gasteiger partial charge in [0.2, 0.25) is 5.91 Å². The van der Waals surface area contributed by atoms with E-state index in [1.807, 2.05) is 30.3 Å². The lowest BCUT2D eigenvalue weighted by molar-refractivity contribution is -0.119. The van der Waals surface area contributed by atoms with Crippen molar-refractivity contribution in [3.63, 3.8) is 0 Å². The molecule has 2 bridgehead atoms. The van der Waals surface area contributed by atoms with E-state index in [9.17, 15) is 22.4 Å². The number of sulfone groups is 1. The van der Waals surface area contributed by atoms with Crippen LogP contribution >= 0.6 is 0 Å². The van der Waals surface area contributed by atoms with Gasteiger partial charge in [-0.05, 0) is 79.0 Å². The van der Waals surface area contributed by atoms with Gasteiger partial charge in [0.25, 0.3) is 0 Å². The molecule has 1 aromatic heterocycles. The summed E-state index contributed by atoms with van der Waals surface area (Å²) < 4.78 is 38.9. The molecule has 0 radical (unpaired) electrons. The number of aromatic nitrogens is 1. The number of amides is 1. The molecule has 0 unspecified atom stereocenters. The number of Topliss-reactive ketones (excluding diaryl/α,β-unsaturated/α-hetero) is 1. The van der Waals surface area contributed by atoms with Crippen molar-refractivity contribution in [2.45, 2.75) is 37.0 Å². The SMILES string of the molecule is O=C(C[C@@H](Cc1ccccc1)C(=O)Nc1ccc(S(=O)(=O)CC23CC(C2)C3)cc1)c1ccc(F)cn1. The Balaban J connectivity index is 1.28. The minimum Gasteiger partial charge on any atom is -0.326 e. The Hall–Kier alpha value is -3.39. The molecular formula is C28H27FN2O4S. The largest absolute Gasteiger partial charge is 0.326 e. The molecule has 3 aliphatic rings. The van der Waals surface area contributed by atoms with Crippen molar-refractivity contribution in [2.24, 2.45) is 17.3 Å². The van der Waals surface area contributed by atoms with Crippen LogP contribution < -0.4 is 5.32 Å². The van der Waals surface area contributed by atoms with Crippen molar-refractivity contribution >= 4 is 27.2 Å². The molecule has 6 rings (SSSR count). The molecule has 0 aliphatic heterocycles. The third-order valence-electron chi connectivity index (χ3n) is 7.28.